The van der Waals surface area contributed by atoms with E-state index < -0.39 is 44.5 Å². The first-order valence-electron chi connectivity index (χ1n) is 7.87. The first kappa shape index (κ1) is 19.1. The van der Waals surface area contributed by atoms with Gasteiger partial charge in [-0.05, 0) is 18.6 Å². The maximum Gasteiger partial charge on any atom is 0.325 e. The number of rotatable bonds is 5. The van der Waals surface area contributed by atoms with Crippen molar-refractivity contribution in [1.29, 1.82) is 0 Å². The monoisotopic (exact) mass is 386 g/mol. The van der Waals surface area contributed by atoms with Crippen LogP contribution in [0, 0.1) is 0 Å². The summed E-state index contributed by atoms with van der Waals surface area (Å²) in [6.07, 6.45) is -6.70. The summed E-state index contributed by atoms with van der Waals surface area (Å²) in [7, 11) is -4.31. The average molecular weight is 386 g/mol. The molecule has 1 saturated heterocycles. The highest BCUT2D eigenvalue weighted by Gasteiger charge is 2.45. The summed E-state index contributed by atoms with van der Waals surface area (Å²) in [5.74, 6) is 0.108. The Morgan fingerprint density at radius 1 is 1.08 bits per heavy atom. The number of hydrogen-bond donors (Lipinski definition) is 5. The zero-order valence-corrected chi connectivity index (χ0v) is 14.4. The quantitative estimate of drug-likeness (QED) is 0.419. The summed E-state index contributed by atoms with van der Waals surface area (Å²) in [6.45, 7) is 0. The van der Waals surface area contributed by atoms with Crippen molar-refractivity contribution in [3.63, 3.8) is 0 Å². The van der Waals surface area contributed by atoms with Crippen LogP contribution in [-0.2, 0) is 9.30 Å². The fraction of sp³-hybridized carbons (Fsp3) is 0.467. The van der Waals surface area contributed by atoms with Crippen LogP contribution in [0.15, 0.2) is 30.6 Å². The second kappa shape index (κ2) is 7.53. The van der Waals surface area contributed by atoms with E-state index in [0.29, 0.717) is 10.9 Å². The van der Waals surface area contributed by atoms with Gasteiger partial charge in [-0.3, -0.25) is 4.57 Å². The van der Waals surface area contributed by atoms with E-state index in [1.165, 1.54) is 6.33 Å². The summed E-state index contributed by atoms with van der Waals surface area (Å²) < 4.78 is 22.1. The summed E-state index contributed by atoms with van der Waals surface area (Å²) in [4.78, 5) is 26.1. The fourth-order valence-corrected chi connectivity index (χ4v) is 3.32. The van der Waals surface area contributed by atoms with Gasteiger partial charge in [-0.2, -0.15) is 0 Å². The number of para-hydroxylation sites is 1. The molecule has 10 nitrogen and oxygen atoms in total. The Bertz CT molecular complexity index is 810. The minimum Gasteiger partial charge on any atom is -0.444 e. The molecule has 2 heterocycles. The molecule has 11 heteroatoms. The summed E-state index contributed by atoms with van der Waals surface area (Å²) in [5, 5.41) is 30.7. The Balaban J connectivity index is 1.80. The van der Waals surface area contributed by atoms with Crippen molar-refractivity contribution < 1.29 is 39.1 Å². The highest BCUT2D eigenvalue weighted by molar-refractivity contribution is 7.51. The standard InChI is InChI=1S/C15H19N2O8P/c18-11-10(5-6-26(21,22)23)24-15(13(20)12(11)19)25-14-8-3-1-2-4-9(8)16-7-17-14/h1-4,7,10-13,15,18-20H,5-6H2,(H2,21,22,23)/t10-,11-,12+,13+,15?/m1/s1. The third-order valence-electron chi connectivity index (χ3n) is 4.11. The lowest BCUT2D eigenvalue weighted by Crippen LogP contribution is -2.59. The van der Waals surface area contributed by atoms with Crippen LogP contribution in [0.4, 0.5) is 0 Å². The van der Waals surface area contributed by atoms with E-state index in [0.717, 1.165) is 0 Å². The summed E-state index contributed by atoms with van der Waals surface area (Å²) in [5.41, 5.74) is 0.599. The van der Waals surface area contributed by atoms with Gasteiger partial charge in [0, 0.05) is 0 Å². The third-order valence-corrected chi connectivity index (χ3v) is 4.95. The number of aliphatic hydroxyl groups excluding tert-OH is 3. The van der Waals surface area contributed by atoms with Gasteiger partial charge in [-0.25, -0.2) is 9.97 Å². The Kier molecular flexibility index (Phi) is 5.54. The molecule has 1 unspecified atom stereocenters. The zero-order chi connectivity index (χ0) is 18.9. The first-order valence-corrected chi connectivity index (χ1v) is 9.66. The lowest BCUT2D eigenvalue weighted by molar-refractivity contribution is -0.272. The van der Waals surface area contributed by atoms with Crippen LogP contribution in [0.1, 0.15) is 6.42 Å². The first-order chi connectivity index (χ1) is 12.3. The van der Waals surface area contributed by atoms with E-state index in [4.69, 9.17) is 19.3 Å². The van der Waals surface area contributed by atoms with E-state index in [1.54, 1.807) is 24.3 Å². The number of nitrogens with zero attached hydrogens (tertiary/aromatic N) is 2. The number of benzene rings is 1. The van der Waals surface area contributed by atoms with Gasteiger partial charge >= 0.3 is 7.60 Å². The Labute approximate surface area is 148 Å². The summed E-state index contributed by atoms with van der Waals surface area (Å²) in [6, 6.07) is 6.97. The van der Waals surface area contributed by atoms with Crippen molar-refractivity contribution in [2.75, 3.05) is 6.16 Å². The van der Waals surface area contributed by atoms with Gasteiger partial charge in [0.1, 0.15) is 24.6 Å². The maximum atomic E-state index is 11.0. The van der Waals surface area contributed by atoms with Crippen LogP contribution in [0.3, 0.4) is 0 Å². The van der Waals surface area contributed by atoms with Gasteiger partial charge in [-0.1, -0.05) is 12.1 Å². The maximum absolute atomic E-state index is 11.0. The van der Waals surface area contributed by atoms with Crippen LogP contribution < -0.4 is 4.74 Å². The molecule has 142 valence electrons. The van der Waals surface area contributed by atoms with E-state index in [1.807, 2.05) is 0 Å². The topological polar surface area (TPSA) is 162 Å². The highest BCUT2D eigenvalue weighted by Crippen LogP contribution is 2.37. The van der Waals surface area contributed by atoms with Crippen LogP contribution >= 0.6 is 7.60 Å². The largest absolute Gasteiger partial charge is 0.444 e. The Morgan fingerprint density at radius 2 is 1.81 bits per heavy atom. The highest BCUT2D eigenvalue weighted by atomic mass is 31.2. The van der Waals surface area contributed by atoms with Crippen LogP contribution in [0.5, 0.6) is 5.88 Å². The van der Waals surface area contributed by atoms with Gasteiger partial charge in [0.05, 0.1) is 23.2 Å². The molecule has 3 rings (SSSR count). The molecule has 2 aromatic rings. The molecule has 0 bridgehead atoms. The molecule has 0 aliphatic carbocycles. The summed E-state index contributed by atoms with van der Waals surface area (Å²) >= 11 is 0. The number of ether oxygens (including phenoxy) is 2. The second-order valence-electron chi connectivity index (χ2n) is 6.01. The van der Waals surface area contributed by atoms with Crippen LogP contribution in [-0.4, -0.2) is 71.9 Å². The van der Waals surface area contributed by atoms with Crippen molar-refractivity contribution in [2.24, 2.45) is 0 Å². The molecule has 1 aromatic carbocycles. The van der Waals surface area contributed by atoms with Crippen molar-refractivity contribution in [2.45, 2.75) is 37.1 Å². The predicted molar refractivity (Wildman–Crippen MR) is 88.4 cm³/mol. The van der Waals surface area contributed by atoms with Crippen molar-refractivity contribution >= 4 is 18.5 Å². The molecule has 0 radical (unpaired) electrons. The average Bonchev–Trinajstić information content (AvgIpc) is 2.60. The van der Waals surface area contributed by atoms with Crippen molar-refractivity contribution in [3.05, 3.63) is 30.6 Å². The minimum absolute atomic E-state index is 0.108. The molecule has 1 fully saturated rings. The van der Waals surface area contributed by atoms with Gasteiger partial charge in [0.15, 0.2) is 0 Å². The molecule has 1 aromatic heterocycles. The SMILES string of the molecule is O=P(O)(O)CC[C@H]1OC(Oc2ncnc3ccccc23)[C@@H](O)[C@@H](O)[C@@H]1O. The third kappa shape index (κ3) is 4.18. The molecular weight excluding hydrogens is 367 g/mol. The molecule has 5 N–H and O–H groups in total. The van der Waals surface area contributed by atoms with Gasteiger partial charge in [-0.15, -0.1) is 0 Å². The number of aliphatic hydroxyl groups is 3. The predicted octanol–water partition coefficient (Wildman–Crippen LogP) is -0.616. The normalized spacial score (nSPS) is 29.7. The molecule has 1 aliphatic rings. The Hall–Kier alpha value is -1.65. The van der Waals surface area contributed by atoms with Crippen molar-refractivity contribution in [3.8, 4) is 5.88 Å². The molecule has 0 spiro atoms. The molecule has 0 saturated carbocycles. The van der Waals surface area contributed by atoms with Gasteiger partial charge in [0.25, 0.3) is 0 Å². The lowest BCUT2D eigenvalue weighted by atomic mass is 9.97. The minimum atomic E-state index is -4.31. The number of aromatic nitrogens is 2. The van der Waals surface area contributed by atoms with E-state index in [2.05, 4.69) is 9.97 Å². The number of hydrogen-bond acceptors (Lipinski definition) is 8. The molecular formula is C15H19N2O8P. The number of fused-ring (bicyclic) bond motifs is 1. The molecule has 0 amide bonds. The lowest BCUT2D eigenvalue weighted by Gasteiger charge is -2.40. The fourth-order valence-electron chi connectivity index (χ4n) is 2.73. The van der Waals surface area contributed by atoms with Crippen LogP contribution in [0.2, 0.25) is 0 Å². The van der Waals surface area contributed by atoms with Crippen molar-refractivity contribution in [1.82, 2.24) is 9.97 Å². The second-order valence-corrected chi connectivity index (χ2v) is 7.78. The molecule has 26 heavy (non-hydrogen) atoms. The zero-order valence-electron chi connectivity index (χ0n) is 13.5. The van der Waals surface area contributed by atoms with Gasteiger partial charge in [0.2, 0.25) is 12.2 Å². The molecule has 5 atom stereocenters. The Morgan fingerprint density at radius 3 is 2.54 bits per heavy atom. The van der Waals surface area contributed by atoms with Gasteiger partial charge < -0.3 is 34.6 Å². The van der Waals surface area contributed by atoms with E-state index in [-0.39, 0.29) is 12.3 Å². The molecule has 1 aliphatic heterocycles. The van der Waals surface area contributed by atoms with Crippen LogP contribution in [0.25, 0.3) is 10.9 Å². The smallest absolute Gasteiger partial charge is 0.325 e. The van der Waals surface area contributed by atoms with E-state index >= 15 is 0 Å². The van der Waals surface area contributed by atoms with E-state index in [9.17, 15) is 19.9 Å².